The van der Waals surface area contributed by atoms with E-state index in [0.29, 0.717) is 17.1 Å². The van der Waals surface area contributed by atoms with Gasteiger partial charge in [0.1, 0.15) is 0 Å². The van der Waals surface area contributed by atoms with E-state index in [9.17, 15) is 4.79 Å². The van der Waals surface area contributed by atoms with E-state index in [1.165, 1.54) is 0 Å². The number of aromatic nitrogens is 3. The van der Waals surface area contributed by atoms with Gasteiger partial charge >= 0.3 is 0 Å². The lowest BCUT2D eigenvalue weighted by Gasteiger charge is -2.21. The van der Waals surface area contributed by atoms with Crippen LogP contribution in [-0.2, 0) is 0 Å². The number of hydrogen-bond donors (Lipinski definition) is 2. The number of nitrogens with zero attached hydrogens (tertiary/aromatic N) is 2. The summed E-state index contributed by atoms with van der Waals surface area (Å²) in [6, 6.07) is 11.9. The second-order valence-electron chi connectivity index (χ2n) is 6.92. The molecule has 3 aromatic rings. The molecule has 5 heteroatoms. The second kappa shape index (κ2) is 7.05. The van der Waals surface area contributed by atoms with Gasteiger partial charge in [-0.05, 0) is 37.8 Å². The van der Waals surface area contributed by atoms with Crippen LogP contribution in [0.4, 0.5) is 0 Å². The Morgan fingerprint density at radius 1 is 1.20 bits per heavy atom. The minimum atomic E-state index is -0.0884. The average Bonchev–Trinajstić information content (AvgIpc) is 2.94. The predicted octanol–water partition coefficient (Wildman–Crippen LogP) is 4.09. The fourth-order valence-electron chi connectivity index (χ4n) is 3.15. The van der Waals surface area contributed by atoms with Crippen LogP contribution in [0.2, 0.25) is 0 Å². The minimum absolute atomic E-state index is 0.0237. The highest BCUT2D eigenvalue weighted by Crippen LogP contribution is 2.24. The molecular formula is C20H24N4O. The van der Waals surface area contributed by atoms with Gasteiger partial charge in [-0.2, -0.15) is 5.10 Å². The summed E-state index contributed by atoms with van der Waals surface area (Å²) in [6.07, 6.45) is 0.882. The topological polar surface area (TPSA) is 70.7 Å². The highest BCUT2D eigenvalue weighted by molar-refractivity contribution is 6.06. The van der Waals surface area contributed by atoms with Crippen LogP contribution in [-0.4, -0.2) is 21.1 Å². The molecule has 0 saturated heterocycles. The van der Waals surface area contributed by atoms with Crippen molar-refractivity contribution in [3.63, 3.8) is 0 Å². The average molecular weight is 336 g/mol. The van der Waals surface area contributed by atoms with Crippen LogP contribution in [0.15, 0.2) is 36.4 Å². The van der Waals surface area contributed by atoms with Crippen LogP contribution in [0.3, 0.4) is 0 Å². The number of fused-ring (bicyclic) bond motifs is 1. The van der Waals surface area contributed by atoms with Crippen LogP contribution in [0.1, 0.15) is 53.6 Å². The summed E-state index contributed by atoms with van der Waals surface area (Å²) in [5.41, 5.74) is 3.97. The molecule has 0 spiro atoms. The van der Waals surface area contributed by atoms with Crippen molar-refractivity contribution in [2.75, 3.05) is 0 Å². The largest absolute Gasteiger partial charge is 0.345 e. The fourth-order valence-corrected chi connectivity index (χ4v) is 3.15. The van der Waals surface area contributed by atoms with Crippen molar-refractivity contribution in [1.82, 2.24) is 20.5 Å². The van der Waals surface area contributed by atoms with Gasteiger partial charge in [-0.25, -0.2) is 4.98 Å². The van der Waals surface area contributed by atoms with Gasteiger partial charge in [-0.15, -0.1) is 0 Å². The molecule has 0 bridgehead atoms. The molecule has 0 aliphatic heterocycles. The number of H-pyrrole nitrogens is 1. The van der Waals surface area contributed by atoms with E-state index in [4.69, 9.17) is 0 Å². The summed E-state index contributed by atoms with van der Waals surface area (Å²) < 4.78 is 0. The Hall–Kier alpha value is -2.69. The van der Waals surface area contributed by atoms with Gasteiger partial charge in [-0.1, -0.05) is 44.2 Å². The van der Waals surface area contributed by atoms with Gasteiger partial charge in [0, 0.05) is 11.4 Å². The number of nitrogens with one attached hydrogen (secondary N) is 2. The Bertz CT molecular complexity index is 883. The number of carbonyl (C=O) groups excluding carboxylic acids is 1. The number of aromatic amines is 1. The van der Waals surface area contributed by atoms with Gasteiger partial charge in [0.15, 0.2) is 5.65 Å². The predicted molar refractivity (Wildman–Crippen MR) is 99.5 cm³/mol. The fraction of sp³-hybridized carbons (Fsp3) is 0.350. The Morgan fingerprint density at radius 2 is 1.92 bits per heavy atom. The van der Waals surface area contributed by atoms with Crippen LogP contribution >= 0.6 is 0 Å². The molecule has 2 heterocycles. The number of carbonyl (C=O) groups is 1. The second-order valence-corrected chi connectivity index (χ2v) is 6.92. The Morgan fingerprint density at radius 3 is 2.60 bits per heavy atom. The third-order valence-corrected chi connectivity index (χ3v) is 4.29. The molecule has 130 valence electrons. The normalized spacial score (nSPS) is 12.5. The molecule has 1 amide bonds. The zero-order chi connectivity index (χ0) is 18.0. The van der Waals surface area contributed by atoms with E-state index in [-0.39, 0.29) is 11.9 Å². The highest BCUT2D eigenvalue weighted by atomic mass is 16.1. The van der Waals surface area contributed by atoms with Gasteiger partial charge < -0.3 is 5.32 Å². The van der Waals surface area contributed by atoms with Crippen LogP contribution in [0, 0.1) is 19.8 Å². The first-order valence-electron chi connectivity index (χ1n) is 8.64. The quantitative estimate of drug-likeness (QED) is 0.737. The first kappa shape index (κ1) is 17.1. The molecule has 25 heavy (non-hydrogen) atoms. The number of pyridine rings is 1. The van der Waals surface area contributed by atoms with Crippen molar-refractivity contribution in [2.45, 2.75) is 40.2 Å². The maximum atomic E-state index is 13.0. The lowest BCUT2D eigenvalue weighted by molar-refractivity contribution is 0.0933. The van der Waals surface area contributed by atoms with Crippen molar-refractivity contribution in [3.05, 3.63) is 58.9 Å². The van der Waals surface area contributed by atoms with Gasteiger partial charge in [-0.3, -0.25) is 9.89 Å². The minimum Gasteiger partial charge on any atom is -0.345 e. The van der Waals surface area contributed by atoms with E-state index < -0.39 is 0 Å². The summed E-state index contributed by atoms with van der Waals surface area (Å²) >= 11 is 0. The van der Waals surface area contributed by atoms with Crippen molar-refractivity contribution < 1.29 is 4.79 Å². The van der Waals surface area contributed by atoms with Crippen molar-refractivity contribution in [1.29, 1.82) is 0 Å². The number of amides is 1. The van der Waals surface area contributed by atoms with Crippen LogP contribution < -0.4 is 5.32 Å². The van der Waals surface area contributed by atoms with E-state index in [1.807, 2.05) is 38.1 Å². The Balaban J connectivity index is 1.96. The lowest BCUT2D eigenvalue weighted by Crippen LogP contribution is -2.29. The zero-order valence-electron chi connectivity index (χ0n) is 15.1. The molecular weight excluding hydrogens is 312 g/mol. The maximum Gasteiger partial charge on any atom is 0.252 e. The molecule has 0 saturated carbocycles. The first-order valence-corrected chi connectivity index (χ1v) is 8.64. The monoisotopic (exact) mass is 336 g/mol. The molecule has 5 nitrogen and oxygen atoms in total. The SMILES string of the molecule is Cc1cc(C(=O)NC(CC(C)C)c2ccccc2)c2c(C)[nH]nc2n1. The maximum absolute atomic E-state index is 13.0. The molecule has 1 aromatic carbocycles. The lowest BCUT2D eigenvalue weighted by atomic mass is 9.96. The molecule has 2 aromatic heterocycles. The van der Waals surface area contributed by atoms with Crippen molar-refractivity contribution >= 4 is 16.9 Å². The van der Waals surface area contributed by atoms with Crippen molar-refractivity contribution in [2.24, 2.45) is 5.92 Å². The smallest absolute Gasteiger partial charge is 0.252 e. The summed E-state index contributed by atoms with van der Waals surface area (Å²) in [6.45, 7) is 8.11. The van der Waals surface area contributed by atoms with E-state index >= 15 is 0 Å². The number of aryl methyl sites for hydroxylation is 2. The molecule has 0 fully saturated rings. The molecule has 1 unspecified atom stereocenters. The zero-order valence-corrected chi connectivity index (χ0v) is 15.1. The molecule has 2 N–H and O–H groups in total. The first-order chi connectivity index (χ1) is 12.0. The molecule has 0 aliphatic carbocycles. The van der Waals surface area contributed by atoms with Crippen LogP contribution in [0.5, 0.6) is 0 Å². The Labute approximate surface area is 147 Å². The van der Waals surface area contributed by atoms with Gasteiger partial charge in [0.05, 0.1) is 17.0 Å². The summed E-state index contributed by atoms with van der Waals surface area (Å²) in [7, 11) is 0. The Kier molecular flexibility index (Phi) is 4.83. The van der Waals surface area contributed by atoms with E-state index in [0.717, 1.165) is 28.8 Å². The standard InChI is InChI=1S/C20H24N4O/c1-12(2)10-17(15-8-6-5-7-9-15)22-20(25)16-11-13(3)21-19-18(16)14(4)23-24-19/h5-9,11-12,17H,10H2,1-4H3,(H,22,25)(H,21,23,24). The third-order valence-electron chi connectivity index (χ3n) is 4.29. The summed E-state index contributed by atoms with van der Waals surface area (Å²) in [5.74, 6) is 0.384. The van der Waals surface area contributed by atoms with Crippen LogP contribution in [0.25, 0.3) is 11.0 Å². The number of benzene rings is 1. The molecule has 3 rings (SSSR count). The summed E-state index contributed by atoms with van der Waals surface area (Å²) in [5, 5.41) is 11.1. The van der Waals surface area contributed by atoms with Gasteiger partial charge in [0.25, 0.3) is 5.91 Å². The van der Waals surface area contributed by atoms with E-state index in [1.54, 1.807) is 0 Å². The highest BCUT2D eigenvalue weighted by Gasteiger charge is 2.21. The van der Waals surface area contributed by atoms with Gasteiger partial charge in [0.2, 0.25) is 0 Å². The number of hydrogen-bond acceptors (Lipinski definition) is 3. The van der Waals surface area contributed by atoms with Crippen molar-refractivity contribution in [3.8, 4) is 0 Å². The number of rotatable bonds is 5. The summed E-state index contributed by atoms with van der Waals surface area (Å²) in [4.78, 5) is 17.4. The molecule has 1 atom stereocenters. The third kappa shape index (κ3) is 3.71. The molecule has 0 aliphatic rings. The van der Waals surface area contributed by atoms with E-state index in [2.05, 4.69) is 46.5 Å². The molecule has 0 radical (unpaired) electrons.